The zero-order valence-corrected chi connectivity index (χ0v) is 11.6. The molecular formula is C12H13BrCl2. The fraction of sp³-hybridized carbons (Fsp3) is 0.500. The van der Waals surface area contributed by atoms with Crippen molar-refractivity contribution in [2.24, 2.45) is 11.8 Å². The van der Waals surface area contributed by atoms with Crippen LogP contribution in [0, 0.1) is 11.8 Å². The first-order valence-corrected chi connectivity index (χ1v) is 6.86. The molecule has 1 aliphatic rings. The second-order valence-corrected chi connectivity index (χ2v) is 6.09. The molecule has 0 radical (unpaired) electrons. The Morgan fingerprint density at radius 2 is 2.00 bits per heavy atom. The van der Waals surface area contributed by atoms with Gasteiger partial charge in [0.1, 0.15) is 0 Å². The lowest BCUT2D eigenvalue weighted by Gasteiger charge is -2.19. The number of halogens is 3. The first-order valence-electron chi connectivity index (χ1n) is 5.18. The average molecular weight is 308 g/mol. The van der Waals surface area contributed by atoms with Gasteiger partial charge in [0, 0.05) is 14.9 Å². The molecule has 0 bridgehead atoms. The Hall–Kier alpha value is 0.280. The SMILES string of the molecule is CC(C1CC1)C(Br)c1cc(Cl)ccc1Cl. The van der Waals surface area contributed by atoms with Crippen LogP contribution in [-0.4, -0.2) is 0 Å². The molecule has 0 aromatic heterocycles. The lowest BCUT2D eigenvalue weighted by atomic mass is 9.96. The number of alkyl halides is 1. The Balaban J connectivity index is 2.23. The molecular weight excluding hydrogens is 295 g/mol. The second kappa shape index (κ2) is 4.65. The monoisotopic (exact) mass is 306 g/mol. The fourth-order valence-corrected chi connectivity index (χ4v) is 3.23. The molecule has 82 valence electrons. The summed E-state index contributed by atoms with van der Waals surface area (Å²) in [5.41, 5.74) is 1.11. The highest BCUT2D eigenvalue weighted by Gasteiger charge is 2.33. The molecule has 15 heavy (non-hydrogen) atoms. The summed E-state index contributed by atoms with van der Waals surface area (Å²) in [7, 11) is 0. The zero-order chi connectivity index (χ0) is 11.0. The van der Waals surface area contributed by atoms with Crippen LogP contribution in [0.2, 0.25) is 10.0 Å². The summed E-state index contributed by atoms with van der Waals surface area (Å²) in [5.74, 6) is 1.48. The van der Waals surface area contributed by atoms with Crippen LogP contribution in [0.4, 0.5) is 0 Å². The fourth-order valence-electron chi connectivity index (χ4n) is 1.87. The van der Waals surface area contributed by atoms with E-state index in [-0.39, 0.29) is 0 Å². The Morgan fingerprint density at radius 1 is 1.33 bits per heavy atom. The van der Waals surface area contributed by atoms with Gasteiger partial charge in [-0.2, -0.15) is 0 Å². The average Bonchev–Trinajstić information content (AvgIpc) is 3.03. The van der Waals surface area contributed by atoms with Crippen molar-refractivity contribution in [2.75, 3.05) is 0 Å². The van der Waals surface area contributed by atoms with Gasteiger partial charge in [-0.25, -0.2) is 0 Å². The van der Waals surface area contributed by atoms with Crippen molar-refractivity contribution in [3.05, 3.63) is 33.8 Å². The van der Waals surface area contributed by atoms with Gasteiger partial charge in [-0.1, -0.05) is 46.1 Å². The summed E-state index contributed by atoms with van der Waals surface area (Å²) in [6, 6.07) is 5.66. The van der Waals surface area contributed by atoms with Crippen molar-refractivity contribution in [3.8, 4) is 0 Å². The van der Waals surface area contributed by atoms with Gasteiger partial charge in [0.15, 0.2) is 0 Å². The molecule has 2 rings (SSSR count). The maximum absolute atomic E-state index is 6.17. The molecule has 1 aromatic carbocycles. The Labute approximate surface area is 109 Å². The van der Waals surface area contributed by atoms with Crippen LogP contribution >= 0.6 is 39.1 Å². The van der Waals surface area contributed by atoms with E-state index in [1.54, 1.807) is 0 Å². The number of hydrogen-bond donors (Lipinski definition) is 0. The summed E-state index contributed by atoms with van der Waals surface area (Å²) >= 11 is 15.9. The number of benzene rings is 1. The van der Waals surface area contributed by atoms with Crippen LogP contribution < -0.4 is 0 Å². The minimum atomic E-state index is 0.316. The third kappa shape index (κ3) is 2.69. The lowest BCUT2D eigenvalue weighted by Crippen LogP contribution is -2.06. The van der Waals surface area contributed by atoms with Crippen LogP contribution in [0.3, 0.4) is 0 Å². The van der Waals surface area contributed by atoms with E-state index in [0.29, 0.717) is 10.7 Å². The van der Waals surface area contributed by atoms with Gasteiger partial charge in [-0.3, -0.25) is 0 Å². The highest BCUT2D eigenvalue weighted by Crippen LogP contribution is 2.47. The van der Waals surface area contributed by atoms with Crippen LogP contribution in [0.15, 0.2) is 18.2 Å². The van der Waals surface area contributed by atoms with Crippen LogP contribution in [0.25, 0.3) is 0 Å². The predicted molar refractivity (Wildman–Crippen MR) is 70.0 cm³/mol. The van der Waals surface area contributed by atoms with E-state index in [2.05, 4.69) is 22.9 Å². The van der Waals surface area contributed by atoms with E-state index in [4.69, 9.17) is 23.2 Å². The topological polar surface area (TPSA) is 0 Å². The summed E-state index contributed by atoms with van der Waals surface area (Å²) in [5, 5.41) is 1.55. The third-order valence-corrected chi connectivity index (χ3v) is 4.99. The van der Waals surface area contributed by atoms with E-state index in [9.17, 15) is 0 Å². The zero-order valence-electron chi connectivity index (χ0n) is 8.51. The van der Waals surface area contributed by atoms with Crippen molar-refractivity contribution in [1.82, 2.24) is 0 Å². The molecule has 3 heteroatoms. The molecule has 0 N–H and O–H groups in total. The molecule has 1 fully saturated rings. The van der Waals surface area contributed by atoms with E-state index >= 15 is 0 Å². The first-order chi connectivity index (χ1) is 7.09. The molecule has 0 spiro atoms. The van der Waals surface area contributed by atoms with E-state index in [1.165, 1.54) is 12.8 Å². The molecule has 0 aliphatic heterocycles. The summed E-state index contributed by atoms with van der Waals surface area (Å²) < 4.78 is 0. The maximum atomic E-state index is 6.17. The molecule has 2 atom stereocenters. The van der Waals surface area contributed by atoms with Crippen LogP contribution in [0.5, 0.6) is 0 Å². The summed E-state index contributed by atoms with van der Waals surface area (Å²) in [6.07, 6.45) is 2.70. The second-order valence-electron chi connectivity index (χ2n) is 4.26. The van der Waals surface area contributed by atoms with E-state index < -0.39 is 0 Å². The molecule has 2 unspecified atom stereocenters. The Bertz CT molecular complexity index is 361. The third-order valence-electron chi connectivity index (χ3n) is 3.08. The van der Waals surface area contributed by atoms with E-state index in [0.717, 1.165) is 21.5 Å². The van der Waals surface area contributed by atoms with Gasteiger partial charge >= 0.3 is 0 Å². The molecule has 0 amide bonds. The summed E-state index contributed by atoms with van der Waals surface area (Å²) in [4.78, 5) is 0.316. The normalized spacial score (nSPS) is 20.0. The van der Waals surface area contributed by atoms with Gasteiger partial charge in [-0.15, -0.1) is 0 Å². The van der Waals surface area contributed by atoms with Crippen molar-refractivity contribution in [2.45, 2.75) is 24.6 Å². The molecule has 1 saturated carbocycles. The highest BCUT2D eigenvalue weighted by atomic mass is 79.9. The van der Waals surface area contributed by atoms with Crippen molar-refractivity contribution in [1.29, 1.82) is 0 Å². The highest BCUT2D eigenvalue weighted by molar-refractivity contribution is 9.09. The molecule has 0 nitrogen and oxygen atoms in total. The molecule has 0 heterocycles. The smallest absolute Gasteiger partial charge is 0.0450 e. The van der Waals surface area contributed by atoms with Crippen LogP contribution in [0.1, 0.15) is 30.2 Å². The Kier molecular flexibility index (Phi) is 3.64. The van der Waals surface area contributed by atoms with Gasteiger partial charge in [0.25, 0.3) is 0 Å². The van der Waals surface area contributed by atoms with Gasteiger partial charge in [0.2, 0.25) is 0 Å². The molecule has 0 saturated heterocycles. The van der Waals surface area contributed by atoms with E-state index in [1.807, 2.05) is 18.2 Å². The molecule has 1 aliphatic carbocycles. The van der Waals surface area contributed by atoms with Crippen LogP contribution in [-0.2, 0) is 0 Å². The number of hydrogen-bond acceptors (Lipinski definition) is 0. The van der Waals surface area contributed by atoms with Crippen molar-refractivity contribution in [3.63, 3.8) is 0 Å². The Morgan fingerprint density at radius 3 is 2.60 bits per heavy atom. The standard InChI is InChI=1S/C12H13BrCl2/c1-7(8-2-3-8)12(13)10-6-9(14)4-5-11(10)15/h4-8,12H,2-3H2,1H3. The first kappa shape index (κ1) is 11.8. The number of rotatable bonds is 3. The maximum Gasteiger partial charge on any atom is 0.0450 e. The minimum absolute atomic E-state index is 0.316. The lowest BCUT2D eigenvalue weighted by molar-refractivity contribution is 0.503. The van der Waals surface area contributed by atoms with Crippen molar-refractivity contribution >= 4 is 39.1 Å². The predicted octanol–water partition coefficient (Wildman–Crippen LogP) is 5.48. The minimum Gasteiger partial charge on any atom is -0.0843 e. The van der Waals surface area contributed by atoms with Gasteiger partial charge in [0.05, 0.1) is 0 Å². The quantitative estimate of drug-likeness (QED) is 0.649. The van der Waals surface area contributed by atoms with Crippen molar-refractivity contribution < 1.29 is 0 Å². The van der Waals surface area contributed by atoms with Gasteiger partial charge in [-0.05, 0) is 48.4 Å². The van der Waals surface area contributed by atoms with Gasteiger partial charge < -0.3 is 0 Å². The molecule has 1 aromatic rings. The summed E-state index contributed by atoms with van der Waals surface area (Å²) in [6.45, 7) is 2.27. The largest absolute Gasteiger partial charge is 0.0843 e.